The van der Waals surface area contributed by atoms with E-state index < -0.39 is 229 Å². The Morgan fingerprint density at radius 2 is 0.704 bits per heavy atom. The second kappa shape index (κ2) is 44.6. The van der Waals surface area contributed by atoms with Gasteiger partial charge in [0.05, 0.1) is 29.1 Å². The molecule has 17 N–H and O–H groups in total. The van der Waals surface area contributed by atoms with Gasteiger partial charge in [-0.25, -0.2) is 31.1 Å². The van der Waals surface area contributed by atoms with Crippen LogP contribution in [0.25, 0.3) is 11.1 Å². The first-order valence-electron chi connectivity index (χ1n) is 44.4. The van der Waals surface area contributed by atoms with E-state index in [4.69, 9.17) is 39.2 Å². The Morgan fingerprint density at radius 1 is 0.415 bits per heavy atom. The smallest absolute Gasteiger partial charge is 0.407 e. The van der Waals surface area contributed by atoms with Crippen LogP contribution in [0.1, 0.15) is 231 Å². The number of amides is 10. The quantitative estimate of drug-likeness (QED) is 0.00959. The highest BCUT2D eigenvalue weighted by molar-refractivity contribution is 7.90. The van der Waals surface area contributed by atoms with Gasteiger partial charge >= 0.3 is 30.0 Å². The van der Waals surface area contributed by atoms with Gasteiger partial charge in [-0.05, 0) is 247 Å². The molecule has 2 aliphatic heterocycles. The van der Waals surface area contributed by atoms with Crippen LogP contribution in [-0.4, -0.2) is 225 Å². The minimum absolute atomic E-state index is 0.0645. The summed E-state index contributed by atoms with van der Waals surface area (Å²) >= 11 is 0. The van der Waals surface area contributed by atoms with Crippen molar-refractivity contribution in [2.75, 3.05) is 19.7 Å². The molecular formula is C92H132N16O25S2. The van der Waals surface area contributed by atoms with Crippen molar-refractivity contribution in [1.29, 1.82) is 10.8 Å². The van der Waals surface area contributed by atoms with Crippen LogP contribution in [0.5, 0.6) is 11.5 Å². The Bertz CT molecular complexity index is 5460. The fourth-order valence-electron chi connectivity index (χ4n) is 15.5. The molecule has 2 heterocycles. The van der Waals surface area contributed by atoms with Gasteiger partial charge in [0.25, 0.3) is 20.0 Å². The Balaban J connectivity index is 1.10. The lowest BCUT2D eigenvalue weighted by Gasteiger charge is -2.27. The second-order valence-electron chi connectivity index (χ2n) is 38.3. The van der Waals surface area contributed by atoms with Gasteiger partial charge in [-0.1, -0.05) is 48.5 Å². The van der Waals surface area contributed by atoms with E-state index in [-0.39, 0.29) is 55.2 Å². The van der Waals surface area contributed by atoms with E-state index >= 15 is 0 Å². The summed E-state index contributed by atoms with van der Waals surface area (Å²) in [6, 6.07) is -1.86. The zero-order valence-corrected chi connectivity index (χ0v) is 82.6. The monoisotopic (exact) mass is 1920 g/mol. The molecule has 3 aliphatic rings. The van der Waals surface area contributed by atoms with Crippen molar-refractivity contribution in [2.45, 2.75) is 328 Å². The largest absolute Gasteiger partial charge is 0.487 e. The van der Waals surface area contributed by atoms with Crippen LogP contribution in [0, 0.1) is 52.4 Å². The first-order chi connectivity index (χ1) is 62.3. The van der Waals surface area contributed by atoms with Crippen LogP contribution in [0.15, 0.2) is 58.3 Å². The predicted octanol–water partition coefficient (Wildman–Crippen LogP) is 4.48. The van der Waals surface area contributed by atoms with Crippen LogP contribution >= 0.6 is 0 Å². The van der Waals surface area contributed by atoms with Crippen LogP contribution < -0.4 is 82.7 Å². The van der Waals surface area contributed by atoms with E-state index in [1.807, 2.05) is 76.2 Å². The normalized spacial score (nSPS) is 15.7. The highest BCUT2D eigenvalue weighted by Crippen LogP contribution is 2.47. The zero-order chi connectivity index (χ0) is 102. The molecular weight excluding hydrogens is 1790 g/mol. The van der Waals surface area contributed by atoms with E-state index in [1.54, 1.807) is 62.3 Å². The molecule has 0 saturated heterocycles. The van der Waals surface area contributed by atoms with Crippen molar-refractivity contribution in [2.24, 2.45) is 0 Å². The van der Waals surface area contributed by atoms with E-state index in [1.165, 1.54) is 48.5 Å². The fourth-order valence-corrected chi connectivity index (χ4v) is 18.5. The third kappa shape index (κ3) is 30.7. The lowest BCUT2D eigenvalue weighted by Crippen LogP contribution is -2.60. The molecule has 43 heteroatoms. The van der Waals surface area contributed by atoms with Gasteiger partial charge in [0, 0.05) is 43.0 Å². The van der Waals surface area contributed by atoms with Gasteiger partial charge in [0.15, 0.2) is 0 Å². The lowest BCUT2D eigenvalue weighted by molar-refractivity contribution is -0.157. The summed E-state index contributed by atoms with van der Waals surface area (Å²) in [4.78, 5) is 195. The maximum Gasteiger partial charge on any atom is 0.407 e. The SMILES string of the molecule is Cc1c(C)c(S(=O)(=O)NC(=N)NCCC[C@H](NC(=O)[C@H](C)NC(=O)[C@H](CC(=O)OC(C)(C)C)NC(=O)[C@H](C)NC(=O)[C@H](CCCNC(=N)NS(=O)(=O)c2c(C)c(C)c3c(c2C)CC(C)(C)O3)NC(=O)[C@H](C)NC(=O)[C@H](CC(=O)OC(C)(C)C)NC(=O)OCC2c3ccccc3-c3ccccc32)C(=O)N[C@@H](C)C(=O)N[C@@H](CC(=O)OC(C)(C)C)C(=O)N[C@@H](C)C(=O)O)c(C)c2c1OC(C)(C)C2. The topological polar surface area (TPSA) is 599 Å². The Labute approximate surface area is 787 Å². The molecule has 742 valence electrons. The summed E-state index contributed by atoms with van der Waals surface area (Å²) in [6.07, 6.45) is -3.88. The molecule has 1 aliphatic carbocycles. The predicted molar refractivity (Wildman–Crippen MR) is 495 cm³/mol. The molecule has 41 nitrogen and oxygen atoms in total. The Kier molecular flexibility index (Phi) is 36.1. The minimum atomic E-state index is -4.45. The summed E-state index contributed by atoms with van der Waals surface area (Å²) in [5.74, 6) is -15.2. The second-order valence-corrected chi connectivity index (χ2v) is 41.6. The lowest BCUT2D eigenvalue weighted by atomic mass is 9.94. The number of esters is 3. The fraction of sp³-hybridized carbons (Fsp3) is 0.565. The average Bonchev–Trinajstić information content (AvgIpc) is 1.66. The Hall–Kier alpha value is -12.7. The number of rotatable bonds is 40. The summed E-state index contributed by atoms with van der Waals surface area (Å²) < 4.78 is 95.4. The molecule has 135 heavy (non-hydrogen) atoms. The standard InChI is InChI=1S/C92H132N16O25S2/c1-45-47(3)73(49(5)60-42-91(21,22)132-71(45)60)134(124,125)107-85(93)95-37-29-35-63(79(116)98-54(10)78(115)105-66(40-69(110)130-89(15,16)17)82(119)101-55(11)84(121)122)102-75(112)51(7)99-81(118)65(39-68(109)129-88(12,13)14)104-77(114)53(9)97-80(117)64(36-30-38-96-86(94)108-135(126,127)74-48(4)46(2)72-61(50(74)6)43-92(23,24)133-72)103-76(113)52(8)100-83(120)67(41-70(111)131-90(18,19)20)106-87(123)128-44-62-58-33-27-25-31-56(58)57-32-26-28-34-59(57)62/h25-28,31-34,51-55,62-67H,29-30,35-44H2,1-24H3,(H,97,117)(H,98,116)(H,99,118)(H,100,120)(H,101,119)(H,102,112)(H,103,113)(H,104,114)(H,105,115)(H,106,123)(H,121,122)(H3,93,95,107)(H3,94,96,108)/t51-,52-,53-,54-,55-,63-,64-,65-,66-,67-/m0/s1. The van der Waals surface area contributed by atoms with Crippen LogP contribution in [0.3, 0.4) is 0 Å². The van der Waals surface area contributed by atoms with Gasteiger partial charge in [0.1, 0.15) is 107 Å². The van der Waals surface area contributed by atoms with Gasteiger partial charge in [-0.2, -0.15) is 0 Å². The van der Waals surface area contributed by atoms with Gasteiger partial charge in [-0.3, -0.25) is 73.1 Å². The molecule has 4 aromatic rings. The number of fused-ring (bicyclic) bond motifs is 5. The van der Waals surface area contributed by atoms with Gasteiger partial charge < -0.3 is 97.3 Å². The number of benzene rings is 4. The van der Waals surface area contributed by atoms with Crippen molar-refractivity contribution < 1.29 is 117 Å². The summed E-state index contributed by atoms with van der Waals surface area (Å²) in [5.41, 5.74) is 3.19. The zero-order valence-electron chi connectivity index (χ0n) is 81.0. The maximum atomic E-state index is 14.8. The summed E-state index contributed by atoms with van der Waals surface area (Å²) in [6.45, 7) is 36.3. The number of carbonyl (C=O) groups excluding carboxylic acids is 13. The first-order valence-corrected chi connectivity index (χ1v) is 47.3. The number of guanidine groups is 2. The number of hydrogen-bond donors (Lipinski definition) is 17. The first kappa shape index (κ1) is 109. The number of sulfonamides is 2. The van der Waals surface area contributed by atoms with Gasteiger partial charge in [-0.15, -0.1) is 0 Å². The number of aliphatic carboxylic acids is 1. The molecule has 4 aromatic carbocycles. The summed E-state index contributed by atoms with van der Waals surface area (Å²) in [5, 5.41) is 56.3. The van der Waals surface area contributed by atoms with E-state index in [0.29, 0.717) is 68.8 Å². The number of carbonyl (C=O) groups is 14. The number of alkyl carbamates (subject to hydrolysis) is 1. The number of carboxylic acids is 1. The van der Waals surface area contributed by atoms with E-state index in [0.717, 1.165) is 49.9 Å². The molecule has 0 saturated carbocycles. The molecule has 10 atom stereocenters. The summed E-state index contributed by atoms with van der Waals surface area (Å²) in [7, 11) is -8.90. The highest BCUT2D eigenvalue weighted by Gasteiger charge is 2.43. The van der Waals surface area contributed by atoms with Crippen LogP contribution in [0.4, 0.5) is 4.79 Å². The number of carboxylic acid groups (broad SMARTS) is 1. The van der Waals surface area contributed by atoms with Gasteiger partial charge in [0.2, 0.25) is 65.1 Å². The number of hydrogen-bond acceptors (Lipinski definition) is 26. The Morgan fingerprint density at radius 3 is 1.01 bits per heavy atom. The molecule has 0 aromatic heterocycles. The minimum Gasteiger partial charge on any atom is -0.487 e. The molecule has 7 rings (SSSR count). The van der Waals surface area contributed by atoms with Crippen molar-refractivity contribution in [3.05, 3.63) is 104 Å². The molecule has 0 bridgehead atoms. The molecule has 0 fully saturated rings. The van der Waals surface area contributed by atoms with Crippen molar-refractivity contribution in [3.63, 3.8) is 0 Å². The number of ether oxygens (including phenoxy) is 6. The van der Waals surface area contributed by atoms with E-state index in [2.05, 4.69) is 73.2 Å². The third-order valence-electron chi connectivity index (χ3n) is 22.1. The van der Waals surface area contributed by atoms with Crippen molar-refractivity contribution >= 4 is 115 Å². The van der Waals surface area contributed by atoms with Crippen LogP contribution in [0.2, 0.25) is 0 Å². The maximum absolute atomic E-state index is 14.8. The molecule has 0 spiro atoms. The molecule has 0 unspecified atom stereocenters. The average molecular weight is 1930 g/mol. The molecule has 10 amide bonds. The van der Waals surface area contributed by atoms with Crippen molar-refractivity contribution in [3.8, 4) is 22.6 Å². The number of nitrogens with one attached hydrogen (secondary N) is 16. The van der Waals surface area contributed by atoms with Crippen molar-refractivity contribution in [1.82, 2.24) is 73.2 Å². The highest BCUT2D eigenvalue weighted by atomic mass is 32.2. The molecule has 0 radical (unpaired) electrons. The third-order valence-corrected chi connectivity index (χ3v) is 25.4. The van der Waals surface area contributed by atoms with Crippen LogP contribution in [-0.2, 0) is 114 Å². The van der Waals surface area contributed by atoms with E-state index in [9.17, 15) is 89.1 Å².